The molecule has 2 aromatic carbocycles. The van der Waals surface area contributed by atoms with Gasteiger partial charge in [-0.25, -0.2) is 4.98 Å². The lowest BCUT2D eigenvalue weighted by Gasteiger charge is -2.32. The van der Waals surface area contributed by atoms with Crippen molar-refractivity contribution in [3.05, 3.63) is 53.1 Å². The minimum absolute atomic E-state index is 0.230. The van der Waals surface area contributed by atoms with Crippen LogP contribution in [0.4, 0.5) is 11.5 Å². The van der Waals surface area contributed by atoms with Gasteiger partial charge in [-0.1, -0.05) is 29.8 Å². The van der Waals surface area contributed by atoms with Crippen molar-refractivity contribution in [3.8, 4) is 11.1 Å². The minimum Gasteiger partial charge on any atom is -0.382 e. The van der Waals surface area contributed by atoms with Crippen LogP contribution in [-0.4, -0.2) is 62.3 Å². The monoisotopic (exact) mass is 452 g/mol. The molecule has 7 nitrogen and oxygen atoms in total. The number of morpholine rings is 2. The molecule has 0 bridgehead atoms. The Labute approximate surface area is 191 Å². The van der Waals surface area contributed by atoms with Gasteiger partial charge >= 0.3 is 0 Å². The maximum absolute atomic E-state index is 11.3. The molecule has 1 unspecified atom stereocenters. The van der Waals surface area contributed by atoms with Gasteiger partial charge in [-0.3, -0.25) is 4.79 Å². The third-order valence-corrected chi connectivity index (χ3v) is 6.42. The predicted molar refractivity (Wildman–Crippen MR) is 126 cm³/mol. The Balaban J connectivity index is 1.57. The summed E-state index contributed by atoms with van der Waals surface area (Å²) in [6, 6.07) is 14.0. The Morgan fingerprint density at radius 2 is 1.94 bits per heavy atom. The first-order valence-electron chi connectivity index (χ1n) is 10.8. The first-order chi connectivity index (χ1) is 15.6. The summed E-state index contributed by atoms with van der Waals surface area (Å²) >= 11 is 6.69. The molecule has 2 aliphatic heterocycles. The SMILES string of the molecule is Nc1nc2ccc(-c3c(Cl)cccc3C3CN(C=O)CCO3)cc2cc1N1CCOCC1. The number of hydrogen-bond donors (Lipinski definition) is 1. The normalized spacial score (nSPS) is 19.3. The van der Waals surface area contributed by atoms with Crippen LogP contribution in [0.3, 0.4) is 0 Å². The van der Waals surface area contributed by atoms with Crippen LogP contribution in [-0.2, 0) is 14.3 Å². The van der Waals surface area contributed by atoms with E-state index in [2.05, 4.69) is 22.0 Å². The number of benzene rings is 2. The standard InChI is InChI=1S/C24H25ClN4O3/c25-19-3-1-2-18(22-14-28(15-30)6-11-32-22)23(19)16-4-5-20-17(12-16)13-21(24(26)27-20)29-7-9-31-10-8-29/h1-5,12-13,15,22H,6-11,14H2,(H2,26,27). The molecule has 8 heteroatoms. The van der Waals surface area contributed by atoms with Crippen LogP contribution in [0.15, 0.2) is 42.5 Å². The maximum atomic E-state index is 11.3. The highest BCUT2D eigenvalue weighted by Gasteiger charge is 2.25. The molecule has 2 fully saturated rings. The molecule has 3 aromatic rings. The summed E-state index contributed by atoms with van der Waals surface area (Å²) < 4.78 is 11.5. The predicted octanol–water partition coefficient (Wildman–Crippen LogP) is 3.50. The fourth-order valence-electron chi connectivity index (χ4n) is 4.46. The molecule has 1 amide bonds. The van der Waals surface area contributed by atoms with Gasteiger partial charge in [-0.2, -0.15) is 0 Å². The Bertz CT molecular complexity index is 1150. The van der Waals surface area contributed by atoms with Crippen molar-refractivity contribution in [1.82, 2.24) is 9.88 Å². The van der Waals surface area contributed by atoms with Gasteiger partial charge in [0, 0.05) is 35.6 Å². The van der Waals surface area contributed by atoms with E-state index >= 15 is 0 Å². The lowest BCUT2D eigenvalue weighted by atomic mass is 9.94. The van der Waals surface area contributed by atoms with Gasteiger partial charge < -0.3 is 25.0 Å². The average molecular weight is 453 g/mol. The second-order valence-electron chi connectivity index (χ2n) is 8.06. The molecule has 0 aliphatic carbocycles. The molecule has 1 atom stereocenters. The Morgan fingerprint density at radius 3 is 2.75 bits per heavy atom. The highest BCUT2D eigenvalue weighted by molar-refractivity contribution is 6.33. The number of nitrogen functional groups attached to an aromatic ring is 1. The highest BCUT2D eigenvalue weighted by Crippen LogP contribution is 2.39. The number of ether oxygens (including phenoxy) is 2. The van der Waals surface area contributed by atoms with Gasteiger partial charge in [0.15, 0.2) is 0 Å². The number of amides is 1. The molecule has 5 rings (SSSR count). The average Bonchev–Trinajstić information content (AvgIpc) is 2.84. The molecule has 2 N–H and O–H groups in total. The zero-order valence-corrected chi connectivity index (χ0v) is 18.4. The van der Waals surface area contributed by atoms with E-state index in [1.807, 2.05) is 30.3 Å². The summed E-state index contributed by atoms with van der Waals surface area (Å²) in [6.07, 6.45) is 0.644. The number of nitrogens with two attached hydrogens (primary N) is 1. The molecule has 0 saturated carbocycles. The van der Waals surface area contributed by atoms with Crippen molar-refractivity contribution in [2.75, 3.05) is 56.6 Å². The van der Waals surface area contributed by atoms with E-state index in [0.717, 1.165) is 52.8 Å². The van der Waals surface area contributed by atoms with Crippen molar-refractivity contribution in [3.63, 3.8) is 0 Å². The molecule has 32 heavy (non-hydrogen) atoms. The third kappa shape index (κ3) is 3.99. The molecule has 0 radical (unpaired) electrons. The molecule has 3 heterocycles. The van der Waals surface area contributed by atoms with Crippen LogP contribution in [0.2, 0.25) is 5.02 Å². The van der Waals surface area contributed by atoms with Crippen molar-refractivity contribution in [2.24, 2.45) is 0 Å². The number of halogens is 1. The summed E-state index contributed by atoms with van der Waals surface area (Å²) in [5, 5.41) is 1.63. The number of aromatic nitrogens is 1. The van der Waals surface area contributed by atoms with Crippen LogP contribution >= 0.6 is 11.6 Å². The second kappa shape index (κ2) is 8.94. The fourth-order valence-corrected chi connectivity index (χ4v) is 4.75. The van der Waals surface area contributed by atoms with Gasteiger partial charge in [0.2, 0.25) is 6.41 Å². The lowest BCUT2D eigenvalue weighted by Crippen LogP contribution is -2.37. The van der Waals surface area contributed by atoms with E-state index in [4.69, 9.17) is 26.8 Å². The fraction of sp³-hybridized carbons (Fsp3) is 0.333. The van der Waals surface area contributed by atoms with Crippen LogP contribution in [0, 0.1) is 0 Å². The maximum Gasteiger partial charge on any atom is 0.209 e. The summed E-state index contributed by atoms with van der Waals surface area (Å²) in [5.41, 5.74) is 10.9. The van der Waals surface area contributed by atoms with E-state index < -0.39 is 0 Å². The molecular formula is C24H25ClN4O3. The number of anilines is 2. The summed E-state index contributed by atoms with van der Waals surface area (Å²) in [7, 11) is 0. The van der Waals surface area contributed by atoms with E-state index in [1.54, 1.807) is 4.90 Å². The minimum atomic E-state index is -0.230. The number of carbonyl (C=O) groups excluding carboxylic acids is 1. The zero-order valence-electron chi connectivity index (χ0n) is 17.7. The zero-order chi connectivity index (χ0) is 22.1. The molecular weight excluding hydrogens is 428 g/mol. The van der Waals surface area contributed by atoms with Crippen molar-refractivity contribution in [1.29, 1.82) is 0 Å². The van der Waals surface area contributed by atoms with Gasteiger partial charge in [0.1, 0.15) is 11.9 Å². The molecule has 0 spiro atoms. The molecule has 166 valence electrons. The summed E-state index contributed by atoms with van der Waals surface area (Å²) in [6.45, 7) is 4.54. The van der Waals surface area contributed by atoms with Crippen molar-refractivity contribution in [2.45, 2.75) is 6.10 Å². The van der Waals surface area contributed by atoms with Crippen LogP contribution in [0.25, 0.3) is 22.0 Å². The van der Waals surface area contributed by atoms with E-state index in [-0.39, 0.29) is 6.10 Å². The van der Waals surface area contributed by atoms with E-state index in [9.17, 15) is 4.79 Å². The van der Waals surface area contributed by atoms with Gasteiger partial charge in [-0.05, 0) is 35.4 Å². The number of rotatable bonds is 4. The Morgan fingerprint density at radius 1 is 1.09 bits per heavy atom. The summed E-state index contributed by atoms with van der Waals surface area (Å²) in [4.78, 5) is 19.9. The quantitative estimate of drug-likeness (QED) is 0.610. The second-order valence-corrected chi connectivity index (χ2v) is 8.47. The largest absolute Gasteiger partial charge is 0.382 e. The number of carbonyl (C=O) groups is 1. The number of hydrogen-bond acceptors (Lipinski definition) is 6. The lowest BCUT2D eigenvalue weighted by molar-refractivity contribution is -0.125. The smallest absolute Gasteiger partial charge is 0.209 e. The number of pyridine rings is 1. The van der Waals surface area contributed by atoms with E-state index in [1.165, 1.54) is 0 Å². The third-order valence-electron chi connectivity index (χ3n) is 6.10. The molecule has 1 aromatic heterocycles. The molecule has 2 saturated heterocycles. The van der Waals surface area contributed by atoms with Crippen molar-refractivity contribution < 1.29 is 14.3 Å². The first-order valence-corrected chi connectivity index (χ1v) is 11.1. The van der Waals surface area contributed by atoms with E-state index in [0.29, 0.717) is 43.8 Å². The van der Waals surface area contributed by atoms with Crippen LogP contribution in [0.5, 0.6) is 0 Å². The van der Waals surface area contributed by atoms with Crippen LogP contribution in [0.1, 0.15) is 11.7 Å². The Hall–Kier alpha value is -2.87. The van der Waals surface area contributed by atoms with Gasteiger partial charge in [0.25, 0.3) is 0 Å². The number of nitrogens with zero attached hydrogens (tertiary/aromatic N) is 3. The Kier molecular flexibility index (Phi) is 5.87. The van der Waals surface area contributed by atoms with Gasteiger partial charge in [0.05, 0.1) is 37.6 Å². The summed E-state index contributed by atoms with van der Waals surface area (Å²) in [5.74, 6) is 0.523. The first kappa shape index (κ1) is 21.0. The van der Waals surface area contributed by atoms with Crippen molar-refractivity contribution >= 4 is 40.4 Å². The van der Waals surface area contributed by atoms with Gasteiger partial charge in [-0.15, -0.1) is 0 Å². The molecule has 2 aliphatic rings. The topological polar surface area (TPSA) is 80.9 Å². The number of fused-ring (bicyclic) bond motifs is 1. The van der Waals surface area contributed by atoms with Crippen LogP contribution < -0.4 is 10.6 Å². The highest BCUT2D eigenvalue weighted by atomic mass is 35.5.